The molecule has 2 nitrogen and oxygen atoms in total. The lowest BCUT2D eigenvalue weighted by Crippen LogP contribution is -2.00. The van der Waals surface area contributed by atoms with E-state index in [1.165, 1.54) is 86.2 Å². The van der Waals surface area contributed by atoms with Gasteiger partial charge in [-0.1, -0.05) is 170 Å². The Morgan fingerprint density at radius 3 is 0.571 bits per heavy atom. The van der Waals surface area contributed by atoms with E-state index in [9.17, 15) is 0 Å². The van der Waals surface area contributed by atoms with Gasteiger partial charge in [-0.3, -0.25) is 0 Å². The average Bonchev–Trinajstić information content (AvgIpc) is 3.40. The molecule has 0 spiro atoms. The van der Waals surface area contributed by atoms with E-state index in [0.29, 0.717) is 0 Å². The molecular formula is C68H44N2. The Labute approximate surface area is 406 Å². The molecule has 1 aromatic heterocycles. The third kappa shape index (κ3) is 8.19. The largest absolute Gasteiger partial charge is 0.245 e. The average molecular weight is 889 g/mol. The van der Waals surface area contributed by atoms with Crippen molar-refractivity contribution in [1.82, 2.24) is 9.97 Å². The molecule has 70 heavy (non-hydrogen) atoms. The molecule has 0 atom stereocenters. The van der Waals surface area contributed by atoms with Gasteiger partial charge in [-0.2, -0.15) is 0 Å². The van der Waals surface area contributed by atoms with Gasteiger partial charge in [0.2, 0.25) is 0 Å². The van der Waals surface area contributed by atoms with Crippen LogP contribution in [0.5, 0.6) is 0 Å². The van der Waals surface area contributed by atoms with Crippen molar-refractivity contribution in [2.24, 2.45) is 0 Å². The van der Waals surface area contributed by atoms with Gasteiger partial charge >= 0.3 is 0 Å². The molecule has 2 heteroatoms. The Kier molecular flexibility index (Phi) is 10.2. The van der Waals surface area contributed by atoms with Gasteiger partial charge in [-0.05, 0) is 206 Å². The van der Waals surface area contributed by atoms with E-state index < -0.39 is 0 Å². The second-order valence-corrected chi connectivity index (χ2v) is 18.3. The third-order valence-electron chi connectivity index (χ3n) is 13.7. The Morgan fingerprint density at radius 1 is 0.171 bits per heavy atom. The van der Waals surface area contributed by atoms with Crippen LogP contribution < -0.4 is 0 Å². The number of hydrogen-bond acceptors (Lipinski definition) is 2. The molecule has 12 aromatic carbocycles. The highest BCUT2D eigenvalue weighted by Crippen LogP contribution is 2.30. The zero-order valence-corrected chi connectivity index (χ0v) is 38.3. The molecule has 0 saturated heterocycles. The van der Waals surface area contributed by atoms with Gasteiger partial charge in [0, 0.05) is 0 Å². The van der Waals surface area contributed by atoms with Crippen LogP contribution in [0.3, 0.4) is 0 Å². The number of benzene rings is 12. The summed E-state index contributed by atoms with van der Waals surface area (Å²) in [5.41, 5.74) is 7.49. The van der Waals surface area contributed by atoms with Gasteiger partial charge in [0.25, 0.3) is 0 Å². The van der Waals surface area contributed by atoms with Gasteiger partial charge in [0.05, 0.1) is 22.8 Å². The van der Waals surface area contributed by atoms with E-state index in [1.807, 2.05) is 0 Å². The van der Waals surface area contributed by atoms with Crippen molar-refractivity contribution >= 4 is 135 Å². The summed E-state index contributed by atoms with van der Waals surface area (Å²) in [5, 5.41) is 19.5. The number of rotatable bonds is 8. The fourth-order valence-corrected chi connectivity index (χ4v) is 9.93. The minimum absolute atomic E-state index is 0.779. The fourth-order valence-electron chi connectivity index (χ4n) is 9.93. The Morgan fingerprint density at radius 2 is 0.357 bits per heavy atom. The van der Waals surface area contributed by atoms with E-state index in [-0.39, 0.29) is 0 Å². The number of nitrogens with zero attached hydrogens (tertiary/aromatic N) is 2. The second kappa shape index (κ2) is 17.4. The van der Waals surface area contributed by atoms with Gasteiger partial charge < -0.3 is 0 Å². The van der Waals surface area contributed by atoms with Crippen molar-refractivity contribution in [3.63, 3.8) is 0 Å². The van der Waals surface area contributed by atoms with Crippen LogP contribution in [0, 0.1) is 0 Å². The van der Waals surface area contributed by atoms with Gasteiger partial charge in [-0.25, -0.2) is 9.97 Å². The topological polar surface area (TPSA) is 25.8 Å². The van der Waals surface area contributed by atoms with Gasteiger partial charge in [0.1, 0.15) is 0 Å². The van der Waals surface area contributed by atoms with Crippen molar-refractivity contribution in [2.75, 3.05) is 0 Å². The summed E-state index contributed by atoms with van der Waals surface area (Å²) < 4.78 is 0. The van der Waals surface area contributed by atoms with Crippen LogP contribution in [0.15, 0.2) is 218 Å². The summed E-state index contributed by atoms with van der Waals surface area (Å²) in [4.78, 5) is 10.9. The predicted octanol–water partition coefficient (Wildman–Crippen LogP) is 18.4. The first-order chi connectivity index (χ1) is 34.6. The van der Waals surface area contributed by atoms with Crippen LogP contribution in [0.25, 0.3) is 135 Å². The molecule has 13 rings (SSSR count). The Balaban J connectivity index is 0.940. The molecule has 0 amide bonds. The van der Waals surface area contributed by atoms with Crippen molar-refractivity contribution in [2.45, 2.75) is 0 Å². The van der Waals surface area contributed by atoms with E-state index >= 15 is 0 Å². The molecule has 0 radical (unpaired) electrons. The van der Waals surface area contributed by atoms with E-state index in [0.717, 1.165) is 45.0 Å². The Bertz CT molecular complexity index is 3800. The third-order valence-corrected chi connectivity index (χ3v) is 13.7. The van der Waals surface area contributed by atoms with Gasteiger partial charge in [-0.15, -0.1) is 0 Å². The van der Waals surface area contributed by atoms with Gasteiger partial charge in [0.15, 0.2) is 0 Å². The molecule has 0 saturated carbocycles. The zero-order valence-electron chi connectivity index (χ0n) is 38.3. The molecule has 0 bridgehead atoms. The standard InChI is InChI=1S/C68H44N2/c1-5-13-53-41-61-33-45(17-25-57(61)37-49(53)9-1)21-29-65-66(30-22-46-18-26-58-38-50-10-2-6-14-54(50)42-62(58)34-46)70-68(32-24-48-20-28-60-40-52-12-4-8-16-56(52)44-64(60)36-48)67(69-65)31-23-47-19-27-59-39-51-11-3-7-15-55(51)43-63(59)35-47/h1-44H/b29-21+,30-22+,31-23+,32-24+. The van der Waals surface area contributed by atoms with E-state index in [2.05, 4.69) is 267 Å². The maximum Gasteiger partial charge on any atom is 0.0894 e. The minimum atomic E-state index is 0.779. The van der Waals surface area contributed by atoms with Crippen molar-refractivity contribution in [3.05, 3.63) is 263 Å². The first-order valence-corrected chi connectivity index (χ1v) is 23.9. The molecule has 1 heterocycles. The highest BCUT2D eigenvalue weighted by atomic mass is 14.8. The summed E-state index contributed by atoms with van der Waals surface area (Å²) in [6.45, 7) is 0. The maximum absolute atomic E-state index is 5.46. The van der Waals surface area contributed by atoms with Crippen LogP contribution in [0.1, 0.15) is 45.0 Å². The van der Waals surface area contributed by atoms with Crippen molar-refractivity contribution in [3.8, 4) is 0 Å². The molecule has 0 fully saturated rings. The van der Waals surface area contributed by atoms with Crippen molar-refractivity contribution < 1.29 is 0 Å². The highest BCUT2D eigenvalue weighted by Gasteiger charge is 2.10. The first-order valence-electron chi connectivity index (χ1n) is 23.9. The predicted molar refractivity (Wildman–Crippen MR) is 304 cm³/mol. The lowest BCUT2D eigenvalue weighted by atomic mass is 10.0. The lowest BCUT2D eigenvalue weighted by molar-refractivity contribution is 1.12. The maximum atomic E-state index is 5.46. The molecule has 326 valence electrons. The number of hydrogen-bond donors (Lipinski definition) is 0. The monoisotopic (exact) mass is 888 g/mol. The summed E-state index contributed by atoms with van der Waals surface area (Å²) in [6.07, 6.45) is 17.1. The second-order valence-electron chi connectivity index (χ2n) is 18.3. The normalized spacial score (nSPS) is 12.3. The quantitative estimate of drug-likeness (QED) is 0.142. The first kappa shape index (κ1) is 41.0. The van der Waals surface area contributed by atoms with E-state index in [4.69, 9.17) is 9.97 Å². The molecule has 13 aromatic rings. The van der Waals surface area contributed by atoms with Crippen LogP contribution in [0.2, 0.25) is 0 Å². The van der Waals surface area contributed by atoms with Crippen LogP contribution in [-0.4, -0.2) is 9.97 Å². The minimum Gasteiger partial charge on any atom is -0.245 e. The SMILES string of the molecule is C(=C\c1nc(/C=C/c2ccc3cc4ccccc4cc3c2)c(/C=C/c2ccc3cc4ccccc4cc3c2)nc1/C=C/c1ccc2cc3ccccc3cc2c1)/c1ccc2cc3ccccc3cc2c1. The summed E-state index contributed by atoms with van der Waals surface area (Å²) in [7, 11) is 0. The molecular weight excluding hydrogens is 845 g/mol. The molecule has 0 unspecified atom stereocenters. The molecule has 0 N–H and O–H groups in total. The molecule has 0 aliphatic carbocycles. The van der Waals surface area contributed by atoms with Crippen LogP contribution in [0.4, 0.5) is 0 Å². The summed E-state index contributed by atoms with van der Waals surface area (Å²) in [5.74, 6) is 0. The number of aromatic nitrogens is 2. The zero-order chi connectivity index (χ0) is 46.4. The van der Waals surface area contributed by atoms with Crippen molar-refractivity contribution in [1.29, 1.82) is 0 Å². The summed E-state index contributed by atoms with van der Waals surface area (Å²) in [6, 6.07) is 79.0. The van der Waals surface area contributed by atoms with Crippen LogP contribution >= 0.6 is 0 Å². The Hall–Kier alpha value is -9.24. The highest BCUT2D eigenvalue weighted by molar-refractivity contribution is 6.03. The molecule has 0 aliphatic rings. The van der Waals surface area contributed by atoms with Crippen LogP contribution in [-0.2, 0) is 0 Å². The lowest BCUT2D eigenvalue weighted by Gasteiger charge is -2.09. The smallest absolute Gasteiger partial charge is 0.0894 e. The number of fused-ring (bicyclic) bond motifs is 8. The van der Waals surface area contributed by atoms with E-state index in [1.54, 1.807) is 0 Å². The fraction of sp³-hybridized carbons (Fsp3) is 0. The summed E-state index contributed by atoms with van der Waals surface area (Å²) >= 11 is 0. The molecule has 0 aliphatic heterocycles.